The first kappa shape index (κ1) is 19.5. The topological polar surface area (TPSA) is 75.1 Å². The lowest BCUT2D eigenvalue weighted by molar-refractivity contribution is -0.124. The van der Waals surface area contributed by atoms with Gasteiger partial charge in [0, 0.05) is 25.2 Å². The van der Waals surface area contributed by atoms with E-state index in [9.17, 15) is 14.0 Å². The number of imide groups is 1. The molecule has 2 amide bonds. The number of halogens is 1. The van der Waals surface area contributed by atoms with E-state index in [-0.39, 0.29) is 18.5 Å². The molecule has 1 aromatic rings. The van der Waals surface area contributed by atoms with Crippen molar-refractivity contribution in [1.82, 2.24) is 9.88 Å². The number of nitrogens with zero attached hydrogens (tertiary/aromatic N) is 4. The van der Waals surface area contributed by atoms with Crippen LogP contribution in [-0.4, -0.2) is 65.0 Å². The van der Waals surface area contributed by atoms with Gasteiger partial charge in [-0.3, -0.25) is 14.8 Å². The average Bonchev–Trinajstić information content (AvgIpc) is 3.31. The first-order valence-electron chi connectivity index (χ1n) is 9.87. The number of fused-ring (bicyclic) bond motifs is 1. The maximum absolute atomic E-state index is 13.4. The minimum atomic E-state index is -0.771. The van der Waals surface area contributed by atoms with E-state index >= 15 is 0 Å². The highest BCUT2D eigenvalue weighted by atomic mass is 19.1. The number of hydrogen-bond donors (Lipinski definition) is 0. The standard InChI is InChI=1S/C21H25FN4O3/c1-21(2,3)29-20(28)26-12-18-17(19(26)27)9-15(24-18)8-14-4-5-16(10-23-14)25-7-6-13(22)11-25/h4-5,9-10,13,15H,6-8,11-12H2,1-3H3/t13-,15?/m1/s1. The normalized spacial score (nSPS) is 23.9. The lowest BCUT2D eigenvalue weighted by Crippen LogP contribution is -2.38. The molecule has 3 aliphatic rings. The quantitative estimate of drug-likeness (QED) is 0.780. The van der Waals surface area contributed by atoms with E-state index in [4.69, 9.17) is 4.74 Å². The number of carbonyl (C=O) groups excluding carboxylic acids is 2. The molecule has 0 spiro atoms. The van der Waals surface area contributed by atoms with Crippen LogP contribution in [-0.2, 0) is 16.0 Å². The van der Waals surface area contributed by atoms with Gasteiger partial charge >= 0.3 is 6.09 Å². The number of pyridine rings is 1. The molecule has 0 bridgehead atoms. The Morgan fingerprint density at radius 3 is 2.72 bits per heavy atom. The van der Waals surface area contributed by atoms with Gasteiger partial charge in [0.25, 0.3) is 5.91 Å². The Kier molecular flexibility index (Phi) is 4.88. The highest BCUT2D eigenvalue weighted by Gasteiger charge is 2.41. The molecule has 3 aliphatic heterocycles. The molecule has 7 nitrogen and oxygen atoms in total. The molecule has 2 fully saturated rings. The Balaban J connectivity index is 1.38. The lowest BCUT2D eigenvalue weighted by atomic mass is 10.1. The second-order valence-electron chi connectivity index (χ2n) is 8.64. The fourth-order valence-corrected chi connectivity index (χ4v) is 3.74. The van der Waals surface area contributed by atoms with Crippen molar-refractivity contribution in [2.75, 3.05) is 24.5 Å². The van der Waals surface area contributed by atoms with E-state index < -0.39 is 17.9 Å². The number of anilines is 1. The minimum Gasteiger partial charge on any atom is -0.443 e. The summed E-state index contributed by atoms with van der Waals surface area (Å²) >= 11 is 0. The van der Waals surface area contributed by atoms with Crippen molar-refractivity contribution in [3.05, 3.63) is 35.7 Å². The largest absolute Gasteiger partial charge is 0.443 e. The van der Waals surface area contributed by atoms with Gasteiger partial charge in [-0.1, -0.05) is 0 Å². The van der Waals surface area contributed by atoms with Crippen molar-refractivity contribution < 1.29 is 18.7 Å². The average molecular weight is 400 g/mol. The first-order chi connectivity index (χ1) is 13.7. The predicted molar refractivity (Wildman–Crippen MR) is 107 cm³/mol. The fourth-order valence-electron chi connectivity index (χ4n) is 3.74. The van der Waals surface area contributed by atoms with E-state index in [0.717, 1.165) is 16.3 Å². The Labute approximate surface area is 169 Å². The van der Waals surface area contributed by atoms with E-state index in [1.54, 1.807) is 33.0 Å². The molecule has 8 heteroatoms. The summed E-state index contributed by atoms with van der Waals surface area (Å²) in [5.74, 6) is -0.362. The molecule has 0 aromatic carbocycles. The molecule has 1 aromatic heterocycles. The number of rotatable bonds is 3. The Bertz CT molecular complexity index is 888. The highest BCUT2D eigenvalue weighted by Crippen LogP contribution is 2.26. The molecule has 0 saturated carbocycles. The number of alkyl halides is 1. The minimum absolute atomic E-state index is 0.141. The van der Waals surface area contributed by atoms with Crippen molar-refractivity contribution in [2.45, 2.75) is 51.4 Å². The zero-order valence-electron chi connectivity index (χ0n) is 16.9. The summed E-state index contributed by atoms with van der Waals surface area (Å²) in [6.45, 7) is 6.55. The maximum atomic E-state index is 13.4. The third-order valence-electron chi connectivity index (χ3n) is 5.11. The van der Waals surface area contributed by atoms with Gasteiger partial charge in [0.15, 0.2) is 0 Å². The number of likely N-dealkylation sites (tertiary alicyclic amines) is 1. The zero-order chi connectivity index (χ0) is 20.8. The second kappa shape index (κ2) is 7.24. The van der Waals surface area contributed by atoms with E-state index in [1.165, 1.54) is 0 Å². The van der Waals surface area contributed by atoms with Gasteiger partial charge in [-0.05, 0) is 45.4 Å². The summed E-state index contributed by atoms with van der Waals surface area (Å²) in [6.07, 6.45) is 3.27. The van der Waals surface area contributed by atoms with Crippen LogP contribution in [0.4, 0.5) is 14.9 Å². The Hall–Kier alpha value is -2.77. The van der Waals surface area contributed by atoms with Crippen LogP contribution in [0.25, 0.3) is 0 Å². The van der Waals surface area contributed by atoms with E-state index in [0.29, 0.717) is 37.2 Å². The molecule has 0 radical (unpaired) electrons. The number of ether oxygens (including phenoxy) is 1. The Morgan fingerprint density at radius 1 is 1.34 bits per heavy atom. The predicted octanol–water partition coefficient (Wildman–Crippen LogP) is 2.70. The van der Waals surface area contributed by atoms with Crippen LogP contribution in [0.3, 0.4) is 0 Å². The fraction of sp³-hybridized carbons (Fsp3) is 0.524. The number of carbonyl (C=O) groups is 2. The van der Waals surface area contributed by atoms with Crippen molar-refractivity contribution in [2.24, 2.45) is 4.99 Å². The summed E-state index contributed by atoms with van der Waals surface area (Å²) in [7, 11) is 0. The van der Waals surface area contributed by atoms with Crippen molar-refractivity contribution in [3.63, 3.8) is 0 Å². The van der Waals surface area contributed by atoms with Crippen LogP contribution in [0.5, 0.6) is 0 Å². The molecule has 2 atom stereocenters. The number of aromatic nitrogens is 1. The molecular formula is C21H25FN4O3. The summed E-state index contributed by atoms with van der Waals surface area (Å²) in [6, 6.07) is 3.69. The Morgan fingerprint density at radius 2 is 2.14 bits per heavy atom. The van der Waals surface area contributed by atoms with Crippen molar-refractivity contribution >= 4 is 23.4 Å². The number of amides is 2. The summed E-state index contributed by atoms with van der Waals surface area (Å²) in [5, 5.41) is 0. The van der Waals surface area contributed by atoms with E-state index in [2.05, 4.69) is 9.98 Å². The third-order valence-corrected chi connectivity index (χ3v) is 5.11. The van der Waals surface area contributed by atoms with Crippen molar-refractivity contribution in [1.29, 1.82) is 0 Å². The van der Waals surface area contributed by atoms with Crippen LogP contribution < -0.4 is 4.90 Å². The molecule has 0 aliphatic carbocycles. The van der Waals surface area contributed by atoms with Gasteiger partial charge in [0.05, 0.1) is 35.8 Å². The maximum Gasteiger partial charge on any atom is 0.417 e. The van der Waals surface area contributed by atoms with Gasteiger partial charge < -0.3 is 9.64 Å². The summed E-state index contributed by atoms with van der Waals surface area (Å²) in [4.78, 5) is 36.9. The van der Waals surface area contributed by atoms with Crippen LogP contribution in [0.15, 0.2) is 35.0 Å². The van der Waals surface area contributed by atoms with Gasteiger partial charge in [-0.2, -0.15) is 0 Å². The highest BCUT2D eigenvalue weighted by molar-refractivity contribution is 6.31. The summed E-state index contributed by atoms with van der Waals surface area (Å²) in [5.41, 5.74) is 2.21. The number of hydrogen-bond acceptors (Lipinski definition) is 6. The van der Waals surface area contributed by atoms with Crippen LogP contribution >= 0.6 is 0 Å². The lowest BCUT2D eigenvalue weighted by Gasteiger charge is -2.23. The molecule has 29 heavy (non-hydrogen) atoms. The first-order valence-corrected chi connectivity index (χ1v) is 9.87. The molecule has 4 heterocycles. The van der Waals surface area contributed by atoms with Crippen LogP contribution in [0.2, 0.25) is 0 Å². The summed E-state index contributed by atoms with van der Waals surface area (Å²) < 4.78 is 18.7. The number of aliphatic imine (C=N–C) groups is 1. The van der Waals surface area contributed by atoms with Crippen LogP contribution in [0.1, 0.15) is 32.9 Å². The molecular weight excluding hydrogens is 375 g/mol. The molecule has 1 unspecified atom stereocenters. The van der Waals surface area contributed by atoms with Crippen LogP contribution in [0, 0.1) is 0 Å². The van der Waals surface area contributed by atoms with Gasteiger partial charge in [-0.25, -0.2) is 14.1 Å². The zero-order valence-corrected chi connectivity index (χ0v) is 16.9. The molecule has 154 valence electrons. The smallest absolute Gasteiger partial charge is 0.417 e. The van der Waals surface area contributed by atoms with Gasteiger partial charge in [0.2, 0.25) is 0 Å². The monoisotopic (exact) mass is 400 g/mol. The SMILES string of the molecule is CC(C)(C)OC(=O)N1CC2=NC(Cc3ccc(N4CC[C@@H](F)C4)cn3)C=C2C1=O. The van der Waals surface area contributed by atoms with Gasteiger partial charge in [0.1, 0.15) is 11.8 Å². The molecule has 4 rings (SSSR count). The third kappa shape index (κ3) is 4.16. The molecule has 0 N–H and O–H groups in total. The van der Waals surface area contributed by atoms with Gasteiger partial charge in [-0.15, -0.1) is 0 Å². The van der Waals surface area contributed by atoms with Crippen molar-refractivity contribution in [3.8, 4) is 0 Å². The second-order valence-corrected chi connectivity index (χ2v) is 8.64. The molecule has 2 saturated heterocycles. The van der Waals surface area contributed by atoms with E-state index in [1.807, 2.05) is 17.0 Å².